The van der Waals surface area contributed by atoms with Gasteiger partial charge in [-0.05, 0) is 30.7 Å². The number of nitrogens with zero attached hydrogens (tertiary/aromatic N) is 5. The minimum atomic E-state index is -0.259. The van der Waals surface area contributed by atoms with E-state index in [1.54, 1.807) is 42.3 Å². The number of hydrogen-bond donors (Lipinski definition) is 2. The topological polar surface area (TPSA) is 115 Å². The van der Waals surface area contributed by atoms with Crippen LogP contribution in [0.25, 0.3) is 33.6 Å². The summed E-state index contributed by atoms with van der Waals surface area (Å²) < 4.78 is 7.69. The van der Waals surface area contributed by atoms with Crippen molar-refractivity contribution in [3.05, 3.63) is 77.7 Å². The first-order chi connectivity index (χ1) is 16.4. The zero-order valence-electron chi connectivity index (χ0n) is 18.5. The van der Waals surface area contributed by atoms with Gasteiger partial charge in [-0.2, -0.15) is 5.10 Å². The van der Waals surface area contributed by atoms with E-state index in [2.05, 4.69) is 37.2 Å². The molecule has 1 amide bonds. The molecule has 0 aliphatic heterocycles. The Morgan fingerprint density at radius 2 is 2.09 bits per heavy atom. The van der Waals surface area contributed by atoms with E-state index in [1.807, 2.05) is 25.4 Å². The molecule has 0 unspecified atom stereocenters. The number of amides is 1. The summed E-state index contributed by atoms with van der Waals surface area (Å²) in [6.45, 7) is 5.27. The van der Waals surface area contributed by atoms with Crippen molar-refractivity contribution in [3.63, 3.8) is 0 Å². The Bertz CT molecular complexity index is 1550. The van der Waals surface area contributed by atoms with Gasteiger partial charge in [-0.3, -0.25) is 9.48 Å². The molecular formula is C24H20ClN7O2. The number of benzene rings is 1. The number of nitrogens with one attached hydrogen (secondary N) is 2. The molecule has 0 saturated heterocycles. The van der Waals surface area contributed by atoms with Crippen molar-refractivity contribution in [3.8, 4) is 22.6 Å². The van der Waals surface area contributed by atoms with Crippen molar-refractivity contribution < 1.29 is 9.21 Å². The highest BCUT2D eigenvalue weighted by molar-refractivity contribution is 6.31. The van der Waals surface area contributed by atoms with Crippen LogP contribution in [0.15, 0.2) is 65.6 Å². The zero-order chi connectivity index (χ0) is 23.8. The molecule has 170 valence electrons. The molecule has 4 aromatic heterocycles. The fourth-order valence-corrected chi connectivity index (χ4v) is 3.76. The van der Waals surface area contributed by atoms with E-state index in [1.165, 1.54) is 0 Å². The van der Waals surface area contributed by atoms with Crippen molar-refractivity contribution in [2.24, 2.45) is 7.05 Å². The largest absolute Gasteiger partial charge is 0.420 e. The van der Waals surface area contributed by atoms with Crippen LogP contribution < -0.4 is 5.32 Å². The van der Waals surface area contributed by atoms with Gasteiger partial charge >= 0.3 is 0 Å². The van der Waals surface area contributed by atoms with Crippen LogP contribution in [0, 0.1) is 0 Å². The van der Waals surface area contributed by atoms with Crippen LogP contribution in [0.3, 0.4) is 0 Å². The Hall–Kier alpha value is -4.24. The number of hydrogen-bond acceptors (Lipinski definition) is 6. The molecular weight excluding hydrogens is 454 g/mol. The van der Waals surface area contributed by atoms with Crippen molar-refractivity contribution in [1.82, 2.24) is 29.9 Å². The lowest BCUT2D eigenvalue weighted by molar-refractivity contribution is -0.112. The van der Waals surface area contributed by atoms with Crippen molar-refractivity contribution in [2.75, 3.05) is 5.32 Å². The van der Waals surface area contributed by atoms with Crippen LogP contribution in [0.4, 0.5) is 5.69 Å². The fourth-order valence-electron chi connectivity index (χ4n) is 3.51. The number of carbonyl (C=O) groups excluding carboxylic acids is 1. The van der Waals surface area contributed by atoms with Crippen LogP contribution in [-0.2, 0) is 18.3 Å². The number of anilines is 1. The summed E-state index contributed by atoms with van der Waals surface area (Å²) in [6, 6.07) is 7.28. The third-order valence-corrected chi connectivity index (χ3v) is 5.66. The summed E-state index contributed by atoms with van der Waals surface area (Å²) in [6.07, 6.45) is 7.66. The Morgan fingerprint density at radius 1 is 1.24 bits per heavy atom. The summed E-state index contributed by atoms with van der Waals surface area (Å²) in [5.41, 5.74) is 5.18. The average Bonchev–Trinajstić information content (AvgIpc) is 3.54. The molecule has 0 saturated carbocycles. The third-order valence-electron chi connectivity index (χ3n) is 5.31. The maximum Gasteiger partial charge on any atom is 0.250 e. The van der Waals surface area contributed by atoms with Gasteiger partial charge in [-0.25, -0.2) is 4.98 Å². The smallest absolute Gasteiger partial charge is 0.250 e. The second-order valence-corrected chi connectivity index (χ2v) is 8.35. The van der Waals surface area contributed by atoms with Crippen molar-refractivity contribution >= 4 is 34.2 Å². The highest BCUT2D eigenvalue weighted by Crippen LogP contribution is 2.31. The molecule has 0 aliphatic rings. The molecule has 5 rings (SSSR count). The number of fused-ring (bicyclic) bond motifs is 1. The van der Waals surface area contributed by atoms with Crippen molar-refractivity contribution in [1.29, 1.82) is 0 Å². The standard InChI is InChI=1S/C24H20ClN7O2/c1-13(2)23(33)29-17-5-4-14(20(25)8-17)7-21-30-31-24(34-21)19-11-27-22-18(19)6-15(9-26-22)16-10-28-32(3)12-16/h4-6,8-12H,1,7H2,2-3H3,(H,26,27)(H,29,33). The lowest BCUT2D eigenvalue weighted by atomic mass is 10.1. The number of aryl methyl sites for hydroxylation is 1. The molecule has 0 radical (unpaired) electrons. The predicted octanol–water partition coefficient (Wildman–Crippen LogP) is 4.77. The summed E-state index contributed by atoms with van der Waals surface area (Å²) in [4.78, 5) is 19.5. The van der Waals surface area contributed by atoms with Crippen LogP contribution >= 0.6 is 11.6 Å². The average molecular weight is 474 g/mol. The number of carbonyl (C=O) groups is 1. The van der Waals surface area contributed by atoms with Gasteiger partial charge in [0.2, 0.25) is 11.8 Å². The lowest BCUT2D eigenvalue weighted by Gasteiger charge is -2.07. The van der Waals surface area contributed by atoms with Gasteiger partial charge < -0.3 is 14.7 Å². The molecule has 0 aliphatic carbocycles. The van der Waals surface area contributed by atoms with E-state index in [4.69, 9.17) is 16.0 Å². The normalized spacial score (nSPS) is 11.1. The Labute approximate surface area is 199 Å². The van der Waals surface area contributed by atoms with E-state index < -0.39 is 0 Å². The third kappa shape index (κ3) is 4.20. The first-order valence-electron chi connectivity index (χ1n) is 10.4. The summed E-state index contributed by atoms with van der Waals surface area (Å²) >= 11 is 6.42. The maximum atomic E-state index is 11.8. The number of pyridine rings is 1. The zero-order valence-corrected chi connectivity index (χ0v) is 19.2. The maximum absolute atomic E-state index is 11.8. The van der Waals surface area contributed by atoms with Gasteiger partial charge in [0.25, 0.3) is 5.91 Å². The van der Waals surface area contributed by atoms with E-state index in [0.717, 1.165) is 33.3 Å². The molecule has 0 spiro atoms. The first-order valence-corrected chi connectivity index (χ1v) is 10.8. The molecule has 2 N–H and O–H groups in total. The van der Waals surface area contributed by atoms with Gasteiger partial charge in [0.05, 0.1) is 18.2 Å². The van der Waals surface area contributed by atoms with Gasteiger partial charge in [-0.1, -0.05) is 24.2 Å². The van der Waals surface area contributed by atoms with Crippen LogP contribution in [0.1, 0.15) is 18.4 Å². The fraction of sp³-hybridized carbons (Fsp3) is 0.125. The lowest BCUT2D eigenvalue weighted by Crippen LogP contribution is -2.11. The van der Waals surface area contributed by atoms with E-state index in [0.29, 0.717) is 34.5 Å². The molecule has 0 fully saturated rings. The highest BCUT2D eigenvalue weighted by Gasteiger charge is 2.16. The molecule has 0 atom stereocenters. The monoisotopic (exact) mass is 473 g/mol. The molecule has 5 aromatic rings. The minimum absolute atomic E-state index is 0.259. The molecule has 9 nitrogen and oxygen atoms in total. The molecule has 34 heavy (non-hydrogen) atoms. The number of H-pyrrole nitrogens is 1. The first kappa shape index (κ1) is 21.6. The van der Waals surface area contributed by atoms with E-state index in [-0.39, 0.29) is 5.91 Å². The number of aromatic amines is 1. The highest BCUT2D eigenvalue weighted by atomic mass is 35.5. The van der Waals surface area contributed by atoms with Gasteiger partial charge in [-0.15, -0.1) is 10.2 Å². The predicted molar refractivity (Wildman–Crippen MR) is 129 cm³/mol. The minimum Gasteiger partial charge on any atom is -0.420 e. The summed E-state index contributed by atoms with van der Waals surface area (Å²) in [5.74, 6) is 0.541. The van der Waals surface area contributed by atoms with E-state index in [9.17, 15) is 4.79 Å². The molecule has 4 heterocycles. The van der Waals surface area contributed by atoms with E-state index >= 15 is 0 Å². The summed E-state index contributed by atoms with van der Waals surface area (Å²) in [7, 11) is 1.87. The Balaban J connectivity index is 1.39. The Kier molecular flexibility index (Phi) is 5.46. The molecule has 10 heteroatoms. The Morgan fingerprint density at radius 3 is 2.82 bits per heavy atom. The van der Waals surface area contributed by atoms with Crippen LogP contribution in [0.2, 0.25) is 5.02 Å². The van der Waals surface area contributed by atoms with Gasteiger partial charge in [0.1, 0.15) is 5.65 Å². The number of rotatable bonds is 6. The van der Waals surface area contributed by atoms with Crippen LogP contribution in [0.5, 0.6) is 0 Å². The van der Waals surface area contributed by atoms with Gasteiger partial charge in [0, 0.05) is 58.4 Å². The van der Waals surface area contributed by atoms with Crippen LogP contribution in [-0.4, -0.2) is 35.9 Å². The quantitative estimate of drug-likeness (QED) is 0.343. The second-order valence-electron chi connectivity index (χ2n) is 7.94. The SMILES string of the molecule is C=C(C)C(=O)Nc1ccc(Cc2nnc(-c3c[nH]c4ncc(-c5cnn(C)c5)cc34)o2)c(Cl)c1. The number of halogens is 1. The van der Waals surface area contributed by atoms with Gasteiger partial charge in [0.15, 0.2) is 0 Å². The summed E-state index contributed by atoms with van der Waals surface area (Å²) in [5, 5.41) is 16.7. The molecule has 0 bridgehead atoms. The van der Waals surface area contributed by atoms with Crippen molar-refractivity contribution in [2.45, 2.75) is 13.3 Å². The second kappa shape index (κ2) is 8.60. The molecule has 1 aromatic carbocycles. The number of aromatic nitrogens is 6.